The Morgan fingerprint density at radius 3 is 2.94 bits per heavy atom. The van der Waals surface area contributed by atoms with Gasteiger partial charge in [-0.2, -0.15) is 0 Å². The van der Waals surface area contributed by atoms with Crippen LogP contribution in [-0.2, 0) is 0 Å². The van der Waals surface area contributed by atoms with Crippen molar-refractivity contribution in [3.8, 4) is 0 Å². The van der Waals surface area contributed by atoms with E-state index in [0.29, 0.717) is 18.7 Å². The molecule has 0 atom stereocenters. The van der Waals surface area contributed by atoms with E-state index in [9.17, 15) is 9.90 Å². The zero-order valence-corrected chi connectivity index (χ0v) is 10.6. The van der Waals surface area contributed by atoms with Gasteiger partial charge in [-0.25, -0.2) is 0 Å². The quantitative estimate of drug-likeness (QED) is 0.842. The molecule has 1 aromatic carbocycles. The zero-order valence-electron chi connectivity index (χ0n) is 8.98. The van der Waals surface area contributed by atoms with Gasteiger partial charge < -0.3 is 15.0 Å². The third-order valence-corrected chi connectivity index (χ3v) is 3.70. The first-order chi connectivity index (χ1) is 8.16. The van der Waals surface area contributed by atoms with E-state index in [4.69, 9.17) is 0 Å². The number of fused-ring (bicyclic) bond motifs is 1. The molecule has 2 N–H and O–H groups in total. The number of nitrogens with one attached hydrogen (secondary N) is 1. The Balaban J connectivity index is 2.03. The number of nitrogens with zero attached hydrogens (tertiary/aromatic N) is 1. The number of hydrogen-bond donors (Lipinski definition) is 2. The van der Waals surface area contributed by atoms with E-state index in [1.807, 2.05) is 18.2 Å². The van der Waals surface area contributed by atoms with Gasteiger partial charge in [0, 0.05) is 34.7 Å². The van der Waals surface area contributed by atoms with Gasteiger partial charge in [-0.1, -0.05) is 22.0 Å². The SMILES string of the molecule is O=C(c1c[nH]c2cccc(Br)c12)N1CC(O)C1. The van der Waals surface area contributed by atoms with E-state index >= 15 is 0 Å². The highest BCUT2D eigenvalue weighted by molar-refractivity contribution is 9.10. The molecule has 1 aliphatic rings. The number of rotatable bonds is 1. The molecule has 1 aromatic heterocycles. The van der Waals surface area contributed by atoms with Gasteiger partial charge in [0.2, 0.25) is 0 Å². The number of amides is 1. The molecule has 88 valence electrons. The summed E-state index contributed by atoms with van der Waals surface area (Å²) in [4.78, 5) is 16.9. The number of β-amino-alcohol motifs (C(OH)–C–C–N with tert-alkyl or cyclic N) is 1. The van der Waals surface area contributed by atoms with Gasteiger partial charge in [-0.3, -0.25) is 4.79 Å². The number of likely N-dealkylation sites (tertiary alicyclic amines) is 1. The van der Waals surface area contributed by atoms with Crippen LogP contribution in [0.1, 0.15) is 10.4 Å². The third kappa shape index (κ3) is 1.66. The van der Waals surface area contributed by atoms with Crippen molar-refractivity contribution in [2.24, 2.45) is 0 Å². The molecule has 2 heterocycles. The summed E-state index contributed by atoms with van der Waals surface area (Å²) in [7, 11) is 0. The number of H-pyrrole nitrogens is 1. The molecule has 1 aliphatic heterocycles. The Labute approximate surface area is 106 Å². The summed E-state index contributed by atoms with van der Waals surface area (Å²) in [6.45, 7) is 0.853. The van der Waals surface area contributed by atoms with Crippen LogP contribution >= 0.6 is 15.9 Å². The van der Waals surface area contributed by atoms with E-state index in [2.05, 4.69) is 20.9 Å². The molecule has 4 nitrogen and oxygen atoms in total. The molecule has 5 heteroatoms. The molecule has 17 heavy (non-hydrogen) atoms. The lowest BCUT2D eigenvalue weighted by atomic mass is 10.1. The molecule has 0 spiro atoms. The lowest BCUT2D eigenvalue weighted by Gasteiger charge is -2.35. The van der Waals surface area contributed by atoms with Crippen molar-refractivity contribution < 1.29 is 9.90 Å². The van der Waals surface area contributed by atoms with Crippen LogP contribution in [0.15, 0.2) is 28.9 Å². The second-order valence-electron chi connectivity index (χ2n) is 4.23. The van der Waals surface area contributed by atoms with Gasteiger partial charge in [0.05, 0.1) is 11.7 Å². The molecule has 3 rings (SSSR count). The molecule has 1 saturated heterocycles. The first kappa shape index (κ1) is 10.8. The number of halogens is 1. The maximum atomic E-state index is 12.2. The van der Waals surface area contributed by atoms with Gasteiger partial charge in [-0.15, -0.1) is 0 Å². The fourth-order valence-corrected chi connectivity index (χ4v) is 2.68. The van der Waals surface area contributed by atoms with Crippen molar-refractivity contribution in [1.29, 1.82) is 0 Å². The van der Waals surface area contributed by atoms with Crippen LogP contribution in [0.3, 0.4) is 0 Å². The Bertz CT molecular complexity index is 587. The molecule has 1 amide bonds. The van der Waals surface area contributed by atoms with E-state index in [1.165, 1.54) is 0 Å². The molecule has 2 aromatic rings. The zero-order chi connectivity index (χ0) is 12.0. The maximum absolute atomic E-state index is 12.2. The molecule has 0 bridgehead atoms. The van der Waals surface area contributed by atoms with Crippen LogP contribution in [0.2, 0.25) is 0 Å². The normalized spacial score (nSPS) is 16.2. The minimum Gasteiger partial charge on any atom is -0.389 e. The van der Waals surface area contributed by atoms with Crippen LogP contribution in [0.5, 0.6) is 0 Å². The number of benzene rings is 1. The minimum absolute atomic E-state index is 0.0338. The van der Waals surface area contributed by atoms with Gasteiger partial charge in [-0.05, 0) is 12.1 Å². The van der Waals surface area contributed by atoms with Crippen molar-refractivity contribution in [2.45, 2.75) is 6.10 Å². The maximum Gasteiger partial charge on any atom is 0.256 e. The number of aromatic nitrogens is 1. The summed E-state index contributed by atoms with van der Waals surface area (Å²) in [5.41, 5.74) is 1.59. The largest absolute Gasteiger partial charge is 0.389 e. The predicted molar refractivity (Wildman–Crippen MR) is 67.9 cm³/mol. The van der Waals surface area contributed by atoms with Crippen molar-refractivity contribution >= 4 is 32.7 Å². The first-order valence-electron chi connectivity index (χ1n) is 5.40. The van der Waals surface area contributed by atoms with Gasteiger partial charge in [0.1, 0.15) is 0 Å². The molecular formula is C12H11BrN2O2. The highest BCUT2D eigenvalue weighted by Crippen LogP contribution is 2.28. The van der Waals surface area contributed by atoms with Gasteiger partial charge in [0.15, 0.2) is 0 Å². The van der Waals surface area contributed by atoms with Gasteiger partial charge in [0.25, 0.3) is 5.91 Å². The Kier molecular flexibility index (Phi) is 2.45. The van der Waals surface area contributed by atoms with Crippen LogP contribution in [0, 0.1) is 0 Å². The van der Waals surface area contributed by atoms with Crippen molar-refractivity contribution in [3.63, 3.8) is 0 Å². The van der Waals surface area contributed by atoms with Crippen molar-refractivity contribution in [3.05, 3.63) is 34.4 Å². The monoisotopic (exact) mass is 294 g/mol. The van der Waals surface area contributed by atoms with E-state index < -0.39 is 0 Å². The van der Waals surface area contributed by atoms with E-state index in [0.717, 1.165) is 15.4 Å². The fourth-order valence-electron chi connectivity index (χ4n) is 2.10. The van der Waals surface area contributed by atoms with Crippen LogP contribution in [-0.4, -0.2) is 40.1 Å². The second-order valence-corrected chi connectivity index (χ2v) is 5.08. The summed E-state index contributed by atoms with van der Waals surface area (Å²) in [6.07, 6.45) is 1.36. The number of aliphatic hydroxyl groups is 1. The Hall–Kier alpha value is -1.33. The Morgan fingerprint density at radius 2 is 2.24 bits per heavy atom. The number of carbonyl (C=O) groups is 1. The topological polar surface area (TPSA) is 56.3 Å². The second kappa shape index (κ2) is 3.85. The summed E-state index contributed by atoms with van der Waals surface area (Å²) in [5, 5.41) is 10.1. The standard InChI is InChI=1S/C12H11BrN2O2/c13-9-2-1-3-10-11(9)8(4-14-10)12(17)15-5-7(16)6-15/h1-4,7,14,16H,5-6H2. The van der Waals surface area contributed by atoms with E-state index in [-0.39, 0.29) is 12.0 Å². The Morgan fingerprint density at radius 1 is 1.47 bits per heavy atom. The molecule has 0 aliphatic carbocycles. The lowest BCUT2D eigenvalue weighted by Crippen LogP contribution is -2.53. The molecule has 0 saturated carbocycles. The minimum atomic E-state index is -0.368. The molecule has 0 radical (unpaired) electrons. The number of hydrogen-bond acceptors (Lipinski definition) is 2. The van der Waals surface area contributed by atoms with Crippen LogP contribution in [0.25, 0.3) is 10.9 Å². The van der Waals surface area contributed by atoms with E-state index in [1.54, 1.807) is 11.1 Å². The number of aliphatic hydroxyl groups excluding tert-OH is 1. The smallest absolute Gasteiger partial charge is 0.256 e. The predicted octanol–water partition coefficient (Wildman–Crippen LogP) is 1.75. The highest BCUT2D eigenvalue weighted by atomic mass is 79.9. The highest BCUT2D eigenvalue weighted by Gasteiger charge is 2.30. The average Bonchev–Trinajstić information content (AvgIpc) is 2.69. The lowest BCUT2D eigenvalue weighted by molar-refractivity contribution is 0.00603. The summed E-state index contributed by atoms with van der Waals surface area (Å²) in [5.74, 6) is -0.0338. The first-order valence-corrected chi connectivity index (χ1v) is 6.19. The fraction of sp³-hybridized carbons (Fsp3) is 0.250. The summed E-state index contributed by atoms with van der Waals surface area (Å²) in [6, 6.07) is 5.77. The summed E-state index contributed by atoms with van der Waals surface area (Å²) >= 11 is 3.46. The molecule has 0 unspecified atom stereocenters. The van der Waals surface area contributed by atoms with Gasteiger partial charge >= 0.3 is 0 Å². The van der Waals surface area contributed by atoms with Crippen molar-refractivity contribution in [1.82, 2.24) is 9.88 Å². The van der Waals surface area contributed by atoms with Crippen molar-refractivity contribution in [2.75, 3.05) is 13.1 Å². The molecular weight excluding hydrogens is 284 g/mol. The third-order valence-electron chi connectivity index (χ3n) is 3.03. The van der Waals surface area contributed by atoms with Crippen LogP contribution in [0.4, 0.5) is 0 Å². The summed E-state index contributed by atoms with van der Waals surface area (Å²) < 4.78 is 0.903. The molecule has 1 fully saturated rings. The number of carbonyl (C=O) groups excluding carboxylic acids is 1. The average molecular weight is 295 g/mol. The number of aromatic amines is 1. The van der Waals surface area contributed by atoms with Crippen LogP contribution < -0.4 is 0 Å².